The molecule has 0 bridgehead atoms. The van der Waals surface area contributed by atoms with Crippen molar-refractivity contribution in [2.24, 2.45) is 0 Å². The zero-order valence-electron chi connectivity index (χ0n) is 19.1. The van der Waals surface area contributed by atoms with Crippen LogP contribution >= 0.6 is 0 Å². The van der Waals surface area contributed by atoms with E-state index in [0.717, 1.165) is 80.9 Å². The van der Waals surface area contributed by atoms with E-state index in [1.807, 2.05) is 33.9 Å². The first-order valence-corrected chi connectivity index (χ1v) is 11.9. The van der Waals surface area contributed by atoms with Crippen LogP contribution in [0.1, 0.15) is 59.8 Å². The summed E-state index contributed by atoms with van der Waals surface area (Å²) in [7, 11) is 0. The van der Waals surface area contributed by atoms with Crippen molar-refractivity contribution in [1.82, 2.24) is 29.6 Å². The lowest BCUT2D eigenvalue weighted by molar-refractivity contribution is -0.122. The summed E-state index contributed by atoms with van der Waals surface area (Å²) < 4.78 is 2.03. The molecule has 0 radical (unpaired) electrons. The quantitative estimate of drug-likeness (QED) is 0.585. The Balaban J connectivity index is 0.000000764. The lowest BCUT2D eigenvalue weighted by Gasteiger charge is -2.40. The number of carbonyl (C=O) groups is 2. The summed E-state index contributed by atoms with van der Waals surface area (Å²) in [6.07, 6.45) is 9.17. The van der Waals surface area contributed by atoms with Gasteiger partial charge in [-0.05, 0) is 44.1 Å². The average Bonchev–Trinajstić information content (AvgIpc) is 3.46. The predicted molar refractivity (Wildman–Crippen MR) is 124 cm³/mol. The highest BCUT2D eigenvalue weighted by Gasteiger charge is 2.45. The van der Waals surface area contributed by atoms with Crippen LogP contribution in [0, 0.1) is 0 Å². The molecule has 176 valence electrons. The largest absolute Gasteiger partial charge is 0.483 e. The van der Waals surface area contributed by atoms with E-state index in [9.17, 15) is 4.79 Å². The van der Waals surface area contributed by atoms with E-state index < -0.39 is 0 Å². The summed E-state index contributed by atoms with van der Waals surface area (Å²) in [6.45, 7) is 2.07. The van der Waals surface area contributed by atoms with Gasteiger partial charge in [0.15, 0.2) is 5.82 Å². The van der Waals surface area contributed by atoms with Gasteiger partial charge in [0, 0.05) is 43.2 Å². The van der Waals surface area contributed by atoms with Gasteiger partial charge in [-0.2, -0.15) is 0 Å². The fourth-order valence-corrected chi connectivity index (χ4v) is 5.58. The van der Waals surface area contributed by atoms with Crippen molar-refractivity contribution in [2.45, 2.75) is 56.9 Å². The van der Waals surface area contributed by atoms with E-state index >= 15 is 0 Å². The minimum atomic E-state index is -0.250. The van der Waals surface area contributed by atoms with Gasteiger partial charge in [-0.25, -0.2) is 9.97 Å². The molecule has 1 atom stereocenters. The number of rotatable bonds is 2. The van der Waals surface area contributed by atoms with Gasteiger partial charge in [-0.3, -0.25) is 9.59 Å². The summed E-state index contributed by atoms with van der Waals surface area (Å²) in [4.78, 5) is 33.5. The summed E-state index contributed by atoms with van der Waals surface area (Å²) in [5.41, 5.74) is 3.32. The van der Waals surface area contributed by atoms with E-state index in [-0.39, 0.29) is 17.8 Å². The van der Waals surface area contributed by atoms with Crippen molar-refractivity contribution in [3.05, 3.63) is 59.4 Å². The molecule has 34 heavy (non-hydrogen) atoms. The van der Waals surface area contributed by atoms with Crippen molar-refractivity contribution in [3.63, 3.8) is 0 Å². The Labute approximate surface area is 197 Å². The number of aromatic nitrogens is 5. The number of aryl methyl sites for hydroxylation is 2. The zero-order chi connectivity index (χ0) is 23.5. The van der Waals surface area contributed by atoms with E-state index in [1.54, 1.807) is 0 Å². The first-order valence-electron chi connectivity index (χ1n) is 11.9. The number of hydrogen-bond acceptors (Lipinski definition) is 6. The van der Waals surface area contributed by atoms with Crippen molar-refractivity contribution in [1.29, 1.82) is 0 Å². The third-order valence-corrected chi connectivity index (χ3v) is 7.19. The molecule has 1 aromatic carbocycles. The van der Waals surface area contributed by atoms with Gasteiger partial charge < -0.3 is 14.6 Å². The highest BCUT2D eigenvalue weighted by Crippen LogP contribution is 2.44. The van der Waals surface area contributed by atoms with Crippen LogP contribution in [0.25, 0.3) is 11.4 Å². The maximum atomic E-state index is 13.4. The van der Waals surface area contributed by atoms with Crippen LogP contribution in [0.2, 0.25) is 0 Å². The smallest absolute Gasteiger partial charge is 0.291 e. The van der Waals surface area contributed by atoms with Crippen molar-refractivity contribution >= 4 is 12.4 Å². The molecule has 3 aliphatic rings. The van der Waals surface area contributed by atoms with Gasteiger partial charge in [0.05, 0.1) is 5.69 Å². The van der Waals surface area contributed by atoms with Crippen LogP contribution in [0.15, 0.2) is 36.5 Å². The monoisotopic (exact) mass is 460 g/mol. The molecular weight excluding hydrogens is 432 g/mol. The fraction of sp³-hybridized carbons (Fsp3) is 0.440. The number of piperidine rings is 1. The van der Waals surface area contributed by atoms with Crippen LogP contribution in [0.4, 0.5) is 0 Å². The summed E-state index contributed by atoms with van der Waals surface area (Å²) in [5, 5.41) is 15.5. The van der Waals surface area contributed by atoms with Gasteiger partial charge in [-0.1, -0.05) is 30.3 Å². The third-order valence-electron chi connectivity index (χ3n) is 7.19. The Morgan fingerprint density at radius 3 is 2.68 bits per heavy atom. The summed E-state index contributed by atoms with van der Waals surface area (Å²) in [5.74, 6) is 2.26. The maximum absolute atomic E-state index is 13.4. The number of hydrogen-bond donors (Lipinski definition) is 1. The SMILES string of the molecule is O=C(c1nnc2n1CCCC2)N1CCCC2(CCc3cnc(-c4ccccc4)nc32)C1.O=CO. The van der Waals surface area contributed by atoms with Crippen LogP contribution in [0.5, 0.6) is 0 Å². The predicted octanol–water partition coefficient (Wildman–Crippen LogP) is 2.89. The molecule has 4 heterocycles. The number of nitrogens with zero attached hydrogens (tertiary/aromatic N) is 6. The van der Waals surface area contributed by atoms with Gasteiger partial charge in [0.25, 0.3) is 12.4 Å². The summed E-state index contributed by atoms with van der Waals surface area (Å²) >= 11 is 0. The highest BCUT2D eigenvalue weighted by molar-refractivity contribution is 5.91. The number of fused-ring (bicyclic) bond motifs is 3. The van der Waals surface area contributed by atoms with Crippen LogP contribution in [-0.4, -0.2) is 60.2 Å². The molecule has 2 aromatic heterocycles. The summed E-state index contributed by atoms with van der Waals surface area (Å²) in [6, 6.07) is 10.1. The number of carbonyl (C=O) groups excluding carboxylic acids is 1. The Bertz CT molecular complexity index is 1190. The number of carboxylic acid groups (broad SMARTS) is 1. The maximum Gasteiger partial charge on any atom is 0.291 e. The van der Waals surface area contributed by atoms with Crippen LogP contribution < -0.4 is 0 Å². The molecule has 1 unspecified atom stereocenters. The molecule has 9 heteroatoms. The van der Waals surface area contributed by atoms with Crippen molar-refractivity contribution in [3.8, 4) is 11.4 Å². The highest BCUT2D eigenvalue weighted by atomic mass is 16.3. The van der Waals surface area contributed by atoms with Crippen molar-refractivity contribution < 1.29 is 14.7 Å². The Morgan fingerprint density at radius 1 is 1.03 bits per heavy atom. The lowest BCUT2D eigenvalue weighted by atomic mass is 9.77. The number of likely N-dealkylation sites (tertiary alicyclic amines) is 1. The standard InChI is InChI=1S/C24H26N6O.CH2O2/c31-23(22-28-27-19-9-4-5-14-30(19)22)29-13-6-11-24(16-29)12-10-18-15-25-21(26-20(18)24)17-7-2-1-3-8-17;2-1-3/h1-3,7-8,15H,4-6,9-14,16H2;1H,(H,2,3). The van der Waals surface area contributed by atoms with Gasteiger partial charge >= 0.3 is 0 Å². The lowest BCUT2D eigenvalue weighted by Crippen LogP contribution is -2.48. The molecule has 1 spiro atoms. The average molecular weight is 461 g/mol. The minimum Gasteiger partial charge on any atom is -0.483 e. The van der Waals surface area contributed by atoms with Gasteiger partial charge in [0.1, 0.15) is 5.82 Å². The second-order valence-electron chi connectivity index (χ2n) is 9.20. The van der Waals surface area contributed by atoms with E-state index in [0.29, 0.717) is 12.4 Å². The molecule has 3 aromatic rings. The minimum absolute atomic E-state index is 0.0190. The first-order chi connectivity index (χ1) is 16.6. The fourth-order valence-electron chi connectivity index (χ4n) is 5.58. The van der Waals surface area contributed by atoms with E-state index in [2.05, 4.69) is 27.3 Å². The molecule has 9 nitrogen and oxygen atoms in total. The Kier molecular flexibility index (Phi) is 6.08. The first kappa shape index (κ1) is 22.2. The second kappa shape index (κ2) is 9.32. The molecule has 6 rings (SSSR count). The number of amides is 1. The number of benzene rings is 1. The molecule has 1 saturated heterocycles. The zero-order valence-corrected chi connectivity index (χ0v) is 19.1. The molecule has 2 aliphatic heterocycles. The van der Waals surface area contributed by atoms with Crippen molar-refractivity contribution in [2.75, 3.05) is 13.1 Å². The van der Waals surface area contributed by atoms with Crippen LogP contribution in [0.3, 0.4) is 0 Å². The topological polar surface area (TPSA) is 114 Å². The van der Waals surface area contributed by atoms with E-state index in [4.69, 9.17) is 14.9 Å². The molecule has 1 N–H and O–H groups in total. The molecular formula is C25H28N6O3. The van der Waals surface area contributed by atoms with Crippen LogP contribution in [-0.2, 0) is 29.6 Å². The third kappa shape index (κ3) is 3.95. The molecule has 1 aliphatic carbocycles. The van der Waals surface area contributed by atoms with Gasteiger partial charge in [-0.15, -0.1) is 10.2 Å². The second-order valence-corrected chi connectivity index (χ2v) is 9.20. The van der Waals surface area contributed by atoms with Gasteiger partial charge in [0.2, 0.25) is 5.82 Å². The molecule has 1 fully saturated rings. The van der Waals surface area contributed by atoms with E-state index in [1.165, 1.54) is 5.56 Å². The molecule has 0 saturated carbocycles. The normalized spacial score (nSPS) is 20.8. The Hall–Kier alpha value is -3.62. The molecule has 1 amide bonds. The Morgan fingerprint density at radius 2 is 1.85 bits per heavy atom.